The van der Waals surface area contributed by atoms with Crippen LogP contribution in [0.1, 0.15) is 76.7 Å². The summed E-state index contributed by atoms with van der Waals surface area (Å²) in [6, 6.07) is 4.64. The summed E-state index contributed by atoms with van der Waals surface area (Å²) in [6.45, 7) is 2.54. The number of hydrogen-bond acceptors (Lipinski definition) is 4. The maximum Gasteiger partial charge on any atom is 0.305 e. The maximum atomic E-state index is 11.6. The van der Waals surface area contributed by atoms with Crippen molar-refractivity contribution in [1.29, 1.82) is 0 Å². The van der Waals surface area contributed by atoms with Crippen molar-refractivity contribution in [2.45, 2.75) is 77.6 Å². The fraction of sp³-hybridized carbons (Fsp3) is 0.650. The fourth-order valence-corrected chi connectivity index (χ4v) is 2.66. The van der Waals surface area contributed by atoms with Crippen LogP contribution < -0.4 is 0 Å². The Labute approximate surface area is 145 Å². The Morgan fingerprint density at radius 1 is 0.917 bits per heavy atom. The van der Waals surface area contributed by atoms with Crippen LogP contribution in [-0.4, -0.2) is 22.8 Å². The number of carbonyl (C=O) groups excluding carboxylic acids is 1. The monoisotopic (exact) mass is 336 g/mol. The van der Waals surface area contributed by atoms with Crippen molar-refractivity contribution in [2.75, 3.05) is 6.61 Å². The standard InChI is InChI=1S/C20H32O4/c1-2-3-4-5-6-7-8-9-10-11-20(23)24-15-14-17-12-13-18(21)19(22)16-17/h12-13,16,21-22H,2-11,14-15H2,1H3. The van der Waals surface area contributed by atoms with Crippen LogP contribution in [0.5, 0.6) is 11.5 Å². The van der Waals surface area contributed by atoms with Gasteiger partial charge < -0.3 is 14.9 Å². The van der Waals surface area contributed by atoms with Crippen LogP contribution in [0.15, 0.2) is 18.2 Å². The number of benzene rings is 1. The highest BCUT2D eigenvalue weighted by Gasteiger charge is 2.04. The predicted octanol–water partition coefficient (Wildman–Crippen LogP) is 5.10. The molecule has 2 N–H and O–H groups in total. The number of hydrogen-bond donors (Lipinski definition) is 2. The average Bonchev–Trinajstić information content (AvgIpc) is 2.56. The Morgan fingerprint density at radius 3 is 2.17 bits per heavy atom. The highest BCUT2D eigenvalue weighted by atomic mass is 16.5. The van der Waals surface area contributed by atoms with Crippen LogP contribution >= 0.6 is 0 Å². The molecular weight excluding hydrogens is 304 g/mol. The largest absolute Gasteiger partial charge is 0.504 e. The lowest BCUT2D eigenvalue weighted by Gasteiger charge is -2.06. The van der Waals surface area contributed by atoms with E-state index in [0.29, 0.717) is 19.4 Å². The third-order valence-corrected chi connectivity index (χ3v) is 4.18. The molecule has 0 aromatic heterocycles. The molecule has 1 aromatic carbocycles. The molecule has 4 nitrogen and oxygen atoms in total. The first-order valence-electron chi connectivity index (χ1n) is 9.30. The second-order valence-electron chi connectivity index (χ2n) is 6.37. The van der Waals surface area contributed by atoms with Crippen molar-refractivity contribution >= 4 is 5.97 Å². The number of phenols is 2. The van der Waals surface area contributed by atoms with Crippen LogP contribution in [0, 0.1) is 0 Å². The molecule has 0 aliphatic heterocycles. The minimum atomic E-state index is -0.152. The van der Waals surface area contributed by atoms with E-state index in [2.05, 4.69) is 6.92 Å². The van der Waals surface area contributed by atoms with Gasteiger partial charge in [-0.1, -0.05) is 64.4 Å². The first-order valence-corrected chi connectivity index (χ1v) is 9.30. The predicted molar refractivity (Wildman–Crippen MR) is 96.3 cm³/mol. The highest BCUT2D eigenvalue weighted by molar-refractivity contribution is 5.69. The van der Waals surface area contributed by atoms with Crippen molar-refractivity contribution in [3.05, 3.63) is 23.8 Å². The van der Waals surface area contributed by atoms with Crippen LogP contribution in [-0.2, 0) is 16.0 Å². The van der Waals surface area contributed by atoms with Gasteiger partial charge in [-0.15, -0.1) is 0 Å². The van der Waals surface area contributed by atoms with Crippen LogP contribution in [0.2, 0.25) is 0 Å². The number of esters is 1. The van der Waals surface area contributed by atoms with Crippen molar-refractivity contribution in [1.82, 2.24) is 0 Å². The molecule has 24 heavy (non-hydrogen) atoms. The van der Waals surface area contributed by atoms with Gasteiger partial charge >= 0.3 is 5.97 Å². The summed E-state index contributed by atoms with van der Waals surface area (Å²) in [5.74, 6) is -0.435. The van der Waals surface area contributed by atoms with Gasteiger partial charge in [-0.25, -0.2) is 0 Å². The van der Waals surface area contributed by atoms with E-state index in [1.54, 1.807) is 6.07 Å². The quantitative estimate of drug-likeness (QED) is 0.298. The van der Waals surface area contributed by atoms with Crippen molar-refractivity contribution in [3.8, 4) is 11.5 Å². The van der Waals surface area contributed by atoms with Gasteiger partial charge in [0.2, 0.25) is 0 Å². The zero-order valence-corrected chi connectivity index (χ0v) is 14.9. The SMILES string of the molecule is CCCCCCCCCCCC(=O)OCCc1ccc(O)c(O)c1. The Kier molecular flexibility index (Phi) is 10.7. The smallest absolute Gasteiger partial charge is 0.305 e. The number of ether oxygens (including phenoxy) is 1. The van der Waals surface area contributed by atoms with Gasteiger partial charge in [0, 0.05) is 12.8 Å². The van der Waals surface area contributed by atoms with Crippen molar-refractivity contribution < 1.29 is 19.7 Å². The number of phenolic OH excluding ortho intramolecular Hbond substituents is 2. The lowest BCUT2D eigenvalue weighted by atomic mass is 10.1. The third-order valence-electron chi connectivity index (χ3n) is 4.18. The average molecular weight is 336 g/mol. The minimum Gasteiger partial charge on any atom is -0.504 e. The molecule has 0 spiro atoms. The Morgan fingerprint density at radius 2 is 1.54 bits per heavy atom. The van der Waals surface area contributed by atoms with Gasteiger partial charge in [-0.05, 0) is 24.1 Å². The van der Waals surface area contributed by atoms with Gasteiger partial charge in [-0.2, -0.15) is 0 Å². The normalized spacial score (nSPS) is 10.7. The molecule has 0 radical (unpaired) electrons. The molecule has 0 bridgehead atoms. The van der Waals surface area contributed by atoms with E-state index in [-0.39, 0.29) is 17.5 Å². The van der Waals surface area contributed by atoms with Gasteiger partial charge in [0.05, 0.1) is 6.61 Å². The fourth-order valence-electron chi connectivity index (χ4n) is 2.66. The van der Waals surface area contributed by atoms with E-state index >= 15 is 0 Å². The molecule has 0 aliphatic carbocycles. The van der Waals surface area contributed by atoms with Gasteiger partial charge in [0.25, 0.3) is 0 Å². The summed E-state index contributed by atoms with van der Waals surface area (Å²) in [7, 11) is 0. The van der Waals surface area contributed by atoms with E-state index in [0.717, 1.165) is 18.4 Å². The molecule has 4 heteroatoms. The summed E-state index contributed by atoms with van der Waals surface area (Å²) in [5.41, 5.74) is 0.834. The Balaban J connectivity index is 1.97. The van der Waals surface area contributed by atoms with Gasteiger partial charge in [-0.3, -0.25) is 4.79 Å². The van der Waals surface area contributed by atoms with Crippen LogP contribution in [0.3, 0.4) is 0 Å². The number of carbonyl (C=O) groups is 1. The Hall–Kier alpha value is -1.71. The topological polar surface area (TPSA) is 66.8 Å². The highest BCUT2D eigenvalue weighted by Crippen LogP contribution is 2.25. The first-order chi connectivity index (χ1) is 11.6. The second kappa shape index (κ2) is 12.7. The summed E-state index contributed by atoms with van der Waals surface area (Å²) in [4.78, 5) is 11.6. The van der Waals surface area contributed by atoms with Crippen molar-refractivity contribution in [2.24, 2.45) is 0 Å². The number of aromatic hydroxyl groups is 2. The van der Waals surface area contributed by atoms with Crippen LogP contribution in [0.4, 0.5) is 0 Å². The second-order valence-corrected chi connectivity index (χ2v) is 6.37. The number of unbranched alkanes of at least 4 members (excludes halogenated alkanes) is 8. The van der Waals surface area contributed by atoms with E-state index in [1.165, 1.54) is 57.1 Å². The molecule has 0 heterocycles. The van der Waals surface area contributed by atoms with E-state index in [4.69, 9.17) is 4.74 Å². The molecule has 1 rings (SSSR count). The third kappa shape index (κ3) is 9.43. The first kappa shape index (κ1) is 20.3. The minimum absolute atomic E-state index is 0.138. The zero-order valence-electron chi connectivity index (χ0n) is 14.9. The maximum absolute atomic E-state index is 11.6. The van der Waals surface area contributed by atoms with E-state index < -0.39 is 0 Å². The van der Waals surface area contributed by atoms with Gasteiger partial charge in [0.15, 0.2) is 11.5 Å². The molecule has 0 fully saturated rings. The molecule has 0 saturated heterocycles. The zero-order chi connectivity index (χ0) is 17.6. The molecule has 0 saturated carbocycles. The van der Waals surface area contributed by atoms with Crippen LogP contribution in [0.25, 0.3) is 0 Å². The lowest BCUT2D eigenvalue weighted by Crippen LogP contribution is -2.07. The van der Waals surface area contributed by atoms with Crippen molar-refractivity contribution in [3.63, 3.8) is 0 Å². The summed E-state index contributed by atoms with van der Waals surface area (Å²) >= 11 is 0. The summed E-state index contributed by atoms with van der Waals surface area (Å²) in [6.07, 6.45) is 12.1. The molecule has 0 aliphatic rings. The molecule has 0 atom stereocenters. The molecular formula is C20H32O4. The lowest BCUT2D eigenvalue weighted by molar-refractivity contribution is -0.143. The van der Waals surface area contributed by atoms with E-state index in [9.17, 15) is 15.0 Å². The Bertz CT molecular complexity index is 471. The number of rotatable bonds is 13. The van der Waals surface area contributed by atoms with E-state index in [1.807, 2.05) is 0 Å². The molecule has 1 aromatic rings. The molecule has 0 unspecified atom stereocenters. The summed E-state index contributed by atoms with van der Waals surface area (Å²) < 4.78 is 5.21. The van der Waals surface area contributed by atoms with Gasteiger partial charge in [0.1, 0.15) is 0 Å². The molecule has 0 amide bonds. The molecule has 136 valence electrons. The summed E-state index contributed by atoms with van der Waals surface area (Å²) in [5, 5.41) is 18.6.